The van der Waals surface area contributed by atoms with Crippen molar-refractivity contribution in [3.63, 3.8) is 0 Å². The highest BCUT2D eigenvalue weighted by molar-refractivity contribution is 8.26. The van der Waals surface area contributed by atoms with Crippen LogP contribution in [0.5, 0.6) is 0 Å². The molecule has 36 heavy (non-hydrogen) atoms. The van der Waals surface area contributed by atoms with E-state index in [1.54, 1.807) is 24.9 Å². The summed E-state index contributed by atoms with van der Waals surface area (Å²) in [4.78, 5) is 28.2. The van der Waals surface area contributed by atoms with E-state index >= 15 is 0 Å². The summed E-state index contributed by atoms with van der Waals surface area (Å²) in [6.45, 7) is 6.64. The lowest BCUT2D eigenvalue weighted by atomic mass is 10.0. The van der Waals surface area contributed by atoms with Crippen LogP contribution in [0.4, 0.5) is 5.82 Å². The molecule has 182 valence electrons. The van der Waals surface area contributed by atoms with E-state index in [1.807, 2.05) is 68.4 Å². The maximum Gasteiger partial charge on any atom is 0.270 e. The highest BCUT2D eigenvalue weighted by Crippen LogP contribution is 2.35. The zero-order valence-corrected chi connectivity index (χ0v) is 22.2. The third-order valence-corrected chi connectivity index (χ3v) is 7.57. The summed E-state index contributed by atoms with van der Waals surface area (Å²) in [7, 11) is 1.63. The van der Waals surface area contributed by atoms with Crippen molar-refractivity contribution in [2.75, 3.05) is 5.32 Å². The van der Waals surface area contributed by atoms with Crippen molar-refractivity contribution >= 4 is 46.1 Å². The van der Waals surface area contributed by atoms with Gasteiger partial charge in [0.25, 0.3) is 11.5 Å². The molecule has 0 atom stereocenters. The number of aryl methyl sites for hydroxylation is 2. The molecule has 4 rings (SSSR count). The molecule has 0 saturated carbocycles. The monoisotopic (exact) mass is 514 g/mol. The number of rotatable bonds is 6. The van der Waals surface area contributed by atoms with Crippen LogP contribution >= 0.6 is 24.0 Å². The van der Waals surface area contributed by atoms with Crippen LogP contribution in [0.15, 0.2) is 58.2 Å². The average Bonchev–Trinajstić information content (AvgIpc) is 3.12. The van der Waals surface area contributed by atoms with Crippen LogP contribution in [0.1, 0.15) is 38.9 Å². The van der Waals surface area contributed by atoms with E-state index < -0.39 is 0 Å². The molecule has 1 N–H and O–H groups in total. The van der Waals surface area contributed by atoms with Gasteiger partial charge < -0.3 is 5.32 Å². The van der Waals surface area contributed by atoms with Gasteiger partial charge in [0.2, 0.25) is 0 Å². The number of hydrogen-bond acceptors (Lipinski definition) is 6. The summed E-state index contributed by atoms with van der Waals surface area (Å²) in [6, 6.07) is 18.1. The lowest BCUT2D eigenvalue weighted by molar-refractivity contribution is -0.122. The molecule has 1 aliphatic rings. The van der Waals surface area contributed by atoms with Gasteiger partial charge >= 0.3 is 0 Å². The molecular formula is C28H26N4O2S2. The fourth-order valence-electron chi connectivity index (χ4n) is 3.98. The molecule has 0 radical (unpaired) electrons. The lowest BCUT2D eigenvalue weighted by Crippen LogP contribution is -2.27. The molecule has 1 fully saturated rings. The van der Waals surface area contributed by atoms with Gasteiger partial charge in [-0.1, -0.05) is 83.6 Å². The zero-order valence-electron chi connectivity index (χ0n) is 20.6. The Kier molecular flexibility index (Phi) is 7.43. The first kappa shape index (κ1) is 25.4. The second-order valence-corrected chi connectivity index (χ2v) is 10.5. The van der Waals surface area contributed by atoms with Crippen molar-refractivity contribution in [3.8, 4) is 6.07 Å². The largest absolute Gasteiger partial charge is 0.367 e. The van der Waals surface area contributed by atoms with Crippen molar-refractivity contribution in [3.05, 3.63) is 103 Å². The second-order valence-electron chi connectivity index (χ2n) is 8.83. The lowest BCUT2D eigenvalue weighted by Gasteiger charge is -2.18. The van der Waals surface area contributed by atoms with Gasteiger partial charge in [-0.3, -0.25) is 19.1 Å². The Balaban J connectivity index is 1.71. The van der Waals surface area contributed by atoms with Gasteiger partial charge in [-0.2, -0.15) is 5.26 Å². The van der Waals surface area contributed by atoms with Gasteiger partial charge in [0.05, 0.1) is 11.4 Å². The first-order chi connectivity index (χ1) is 17.2. The third kappa shape index (κ3) is 5.13. The van der Waals surface area contributed by atoms with Crippen LogP contribution in [-0.2, 0) is 24.9 Å². The SMILES string of the molecule is Cc1ccc(CNc2c(/C=C3\SC(=S)N(Cc4ccc(C)cc4)C3=O)c(C)c(C#N)c(=O)n2C)cc1. The van der Waals surface area contributed by atoms with Crippen LogP contribution in [-0.4, -0.2) is 19.7 Å². The number of pyridine rings is 1. The van der Waals surface area contributed by atoms with E-state index in [9.17, 15) is 14.9 Å². The molecule has 8 heteroatoms. The summed E-state index contributed by atoms with van der Waals surface area (Å²) in [6.07, 6.45) is 1.74. The zero-order chi connectivity index (χ0) is 26.0. The maximum absolute atomic E-state index is 13.3. The standard InChI is InChI=1S/C28H26N4O2S2/c1-17-5-9-20(10-6-17)15-30-25-22(19(3)23(14-29)26(33)31(25)4)13-24-27(34)32(28(35)36-24)16-21-11-7-18(2)8-12-21/h5-13,30H,15-16H2,1-4H3/b24-13-. The summed E-state index contributed by atoms with van der Waals surface area (Å²) in [5.41, 5.74) is 5.16. The predicted molar refractivity (Wildman–Crippen MR) is 150 cm³/mol. The van der Waals surface area contributed by atoms with Crippen molar-refractivity contribution in [1.82, 2.24) is 9.47 Å². The fraction of sp³-hybridized carbons (Fsp3) is 0.214. The molecule has 0 bridgehead atoms. The number of nitrogens with zero attached hydrogens (tertiary/aromatic N) is 3. The van der Waals surface area contributed by atoms with E-state index in [0.29, 0.717) is 39.3 Å². The summed E-state index contributed by atoms with van der Waals surface area (Å²) in [5, 5.41) is 13.0. The van der Waals surface area contributed by atoms with E-state index in [0.717, 1.165) is 22.3 Å². The summed E-state index contributed by atoms with van der Waals surface area (Å²) in [5.74, 6) is 0.350. The Morgan fingerprint density at radius 2 is 1.58 bits per heavy atom. The maximum atomic E-state index is 13.3. The minimum Gasteiger partial charge on any atom is -0.367 e. The Morgan fingerprint density at radius 3 is 2.17 bits per heavy atom. The van der Waals surface area contributed by atoms with Crippen LogP contribution in [0, 0.1) is 32.1 Å². The molecule has 1 aromatic heterocycles. The average molecular weight is 515 g/mol. The normalized spacial score (nSPS) is 14.4. The van der Waals surface area contributed by atoms with E-state index in [-0.39, 0.29) is 17.0 Å². The van der Waals surface area contributed by atoms with Crippen molar-refractivity contribution < 1.29 is 4.79 Å². The fourth-order valence-corrected chi connectivity index (χ4v) is 5.22. The predicted octanol–water partition coefficient (Wildman–Crippen LogP) is 5.20. The van der Waals surface area contributed by atoms with Gasteiger partial charge in [-0.15, -0.1) is 0 Å². The van der Waals surface area contributed by atoms with Gasteiger partial charge in [0.1, 0.15) is 21.8 Å². The number of amides is 1. The number of aromatic nitrogens is 1. The molecule has 1 aliphatic heterocycles. The number of benzene rings is 2. The molecule has 3 aromatic rings. The number of thioether (sulfide) groups is 1. The van der Waals surface area contributed by atoms with Gasteiger partial charge in [-0.25, -0.2) is 0 Å². The summed E-state index contributed by atoms with van der Waals surface area (Å²) < 4.78 is 1.91. The number of nitrogens with one attached hydrogen (secondary N) is 1. The topological polar surface area (TPSA) is 78.1 Å². The Morgan fingerprint density at radius 1 is 1.00 bits per heavy atom. The van der Waals surface area contributed by atoms with Crippen LogP contribution in [0.2, 0.25) is 0 Å². The Hall–Kier alpha value is -3.67. The summed E-state index contributed by atoms with van der Waals surface area (Å²) >= 11 is 6.75. The Labute approximate surface area is 220 Å². The molecule has 0 aliphatic carbocycles. The first-order valence-electron chi connectivity index (χ1n) is 11.4. The van der Waals surface area contributed by atoms with E-state index in [2.05, 4.69) is 5.32 Å². The third-order valence-electron chi connectivity index (χ3n) is 6.19. The molecule has 0 spiro atoms. The van der Waals surface area contributed by atoms with Gasteiger partial charge in [-0.05, 0) is 43.5 Å². The van der Waals surface area contributed by atoms with Crippen molar-refractivity contribution in [2.24, 2.45) is 7.05 Å². The van der Waals surface area contributed by atoms with Crippen LogP contribution in [0.3, 0.4) is 0 Å². The highest BCUT2D eigenvalue weighted by Gasteiger charge is 2.32. The molecule has 6 nitrogen and oxygen atoms in total. The molecule has 2 aromatic carbocycles. The molecular weight excluding hydrogens is 488 g/mol. The van der Waals surface area contributed by atoms with Gasteiger partial charge in [0, 0.05) is 19.2 Å². The first-order valence-corrected chi connectivity index (χ1v) is 12.7. The highest BCUT2D eigenvalue weighted by atomic mass is 32.2. The van der Waals surface area contributed by atoms with E-state index in [1.165, 1.54) is 16.3 Å². The number of hydrogen-bond donors (Lipinski definition) is 1. The molecule has 1 saturated heterocycles. The van der Waals surface area contributed by atoms with Crippen molar-refractivity contribution in [2.45, 2.75) is 33.9 Å². The number of carbonyl (C=O) groups excluding carboxylic acids is 1. The molecule has 0 unspecified atom stereocenters. The minimum absolute atomic E-state index is 0.0553. The number of anilines is 1. The molecule has 2 heterocycles. The smallest absolute Gasteiger partial charge is 0.270 e. The number of thiocarbonyl (C=S) groups is 1. The molecule has 1 amide bonds. The minimum atomic E-state index is -0.384. The van der Waals surface area contributed by atoms with E-state index in [4.69, 9.17) is 12.2 Å². The van der Waals surface area contributed by atoms with Crippen molar-refractivity contribution in [1.29, 1.82) is 5.26 Å². The van der Waals surface area contributed by atoms with Crippen LogP contribution in [0.25, 0.3) is 6.08 Å². The second kappa shape index (κ2) is 10.5. The van der Waals surface area contributed by atoms with Crippen LogP contribution < -0.4 is 10.9 Å². The quantitative estimate of drug-likeness (QED) is 0.360. The van der Waals surface area contributed by atoms with Gasteiger partial charge in [0.15, 0.2) is 0 Å². The number of carbonyl (C=O) groups is 1. The Bertz CT molecular complexity index is 1480. The number of nitriles is 1.